The van der Waals surface area contributed by atoms with Gasteiger partial charge in [0.25, 0.3) is 0 Å². The Labute approximate surface area is 94.0 Å². The summed E-state index contributed by atoms with van der Waals surface area (Å²) >= 11 is 1.46. The molecule has 0 bridgehead atoms. The van der Waals surface area contributed by atoms with E-state index in [0.29, 0.717) is 0 Å². The summed E-state index contributed by atoms with van der Waals surface area (Å²) in [6.45, 7) is 3.76. The van der Waals surface area contributed by atoms with Crippen LogP contribution in [0.1, 0.15) is 12.5 Å². The number of hydrogen-bond acceptors (Lipinski definition) is 4. The van der Waals surface area contributed by atoms with Crippen molar-refractivity contribution in [1.29, 1.82) is 0 Å². The highest BCUT2D eigenvalue weighted by molar-refractivity contribution is 8.00. The molecule has 1 unspecified atom stereocenters. The summed E-state index contributed by atoms with van der Waals surface area (Å²) in [6.07, 6.45) is 0. The summed E-state index contributed by atoms with van der Waals surface area (Å²) in [7, 11) is 1.39. The minimum absolute atomic E-state index is 0.213. The van der Waals surface area contributed by atoms with Crippen LogP contribution in [-0.2, 0) is 9.53 Å². The zero-order valence-electron chi connectivity index (χ0n) is 9.11. The maximum absolute atomic E-state index is 11.2. The molecule has 0 aliphatic carbocycles. The van der Waals surface area contributed by atoms with Gasteiger partial charge >= 0.3 is 5.97 Å². The van der Waals surface area contributed by atoms with Crippen molar-refractivity contribution in [3.63, 3.8) is 0 Å². The van der Waals surface area contributed by atoms with E-state index in [9.17, 15) is 4.79 Å². The van der Waals surface area contributed by atoms with Gasteiger partial charge in [0.15, 0.2) is 0 Å². The Bertz CT molecular complexity index is 366. The molecule has 1 aromatic carbocycles. The van der Waals surface area contributed by atoms with Gasteiger partial charge in [-0.1, -0.05) is 6.07 Å². The quantitative estimate of drug-likeness (QED) is 0.487. The smallest absolute Gasteiger partial charge is 0.318 e. The fourth-order valence-electron chi connectivity index (χ4n) is 1.16. The van der Waals surface area contributed by atoms with E-state index in [2.05, 4.69) is 4.74 Å². The van der Waals surface area contributed by atoms with Crippen molar-refractivity contribution < 1.29 is 9.53 Å². The molecule has 0 aliphatic heterocycles. The second kappa shape index (κ2) is 5.07. The topological polar surface area (TPSA) is 52.3 Å². The molecule has 1 rings (SSSR count). The van der Waals surface area contributed by atoms with Gasteiger partial charge < -0.3 is 10.5 Å². The molecule has 1 atom stereocenters. The van der Waals surface area contributed by atoms with Crippen molar-refractivity contribution in [1.82, 2.24) is 0 Å². The monoisotopic (exact) mass is 225 g/mol. The Morgan fingerprint density at radius 1 is 1.53 bits per heavy atom. The van der Waals surface area contributed by atoms with E-state index in [4.69, 9.17) is 5.73 Å². The zero-order valence-corrected chi connectivity index (χ0v) is 9.93. The van der Waals surface area contributed by atoms with Crippen molar-refractivity contribution in [3.05, 3.63) is 23.8 Å². The lowest BCUT2D eigenvalue weighted by molar-refractivity contribution is -0.139. The number of nitrogen functional groups attached to an aromatic ring is 1. The van der Waals surface area contributed by atoms with E-state index in [1.54, 1.807) is 0 Å². The van der Waals surface area contributed by atoms with Crippen molar-refractivity contribution in [3.8, 4) is 0 Å². The molecule has 0 saturated carbocycles. The molecular weight excluding hydrogens is 210 g/mol. The van der Waals surface area contributed by atoms with Gasteiger partial charge in [-0.05, 0) is 31.5 Å². The number of hydrogen-bond donors (Lipinski definition) is 1. The van der Waals surface area contributed by atoms with Crippen LogP contribution in [-0.4, -0.2) is 18.3 Å². The molecule has 82 valence electrons. The molecule has 1 aromatic rings. The number of carbonyl (C=O) groups is 1. The summed E-state index contributed by atoms with van der Waals surface area (Å²) in [4.78, 5) is 12.3. The van der Waals surface area contributed by atoms with E-state index in [0.717, 1.165) is 16.1 Å². The Kier molecular flexibility index (Phi) is 4.03. The molecule has 0 amide bonds. The van der Waals surface area contributed by atoms with E-state index < -0.39 is 0 Å². The first kappa shape index (κ1) is 11.9. The molecule has 3 nitrogen and oxygen atoms in total. The van der Waals surface area contributed by atoms with Crippen molar-refractivity contribution in [2.45, 2.75) is 24.0 Å². The van der Waals surface area contributed by atoms with Crippen LogP contribution in [0.15, 0.2) is 23.1 Å². The fraction of sp³-hybridized carbons (Fsp3) is 0.364. The lowest BCUT2D eigenvalue weighted by Crippen LogP contribution is -2.14. The van der Waals surface area contributed by atoms with Crippen molar-refractivity contribution in [2.24, 2.45) is 0 Å². The number of methoxy groups -OCH3 is 1. The van der Waals surface area contributed by atoms with Crippen LogP contribution in [0.25, 0.3) is 0 Å². The summed E-state index contributed by atoms with van der Waals surface area (Å²) in [6, 6.07) is 5.69. The molecule has 0 saturated heterocycles. The number of esters is 1. The van der Waals surface area contributed by atoms with Crippen LogP contribution < -0.4 is 5.73 Å². The maximum Gasteiger partial charge on any atom is 0.318 e. The normalized spacial score (nSPS) is 12.2. The lowest BCUT2D eigenvalue weighted by Gasteiger charge is -2.11. The van der Waals surface area contributed by atoms with E-state index in [-0.39, 0.29) is 11.2 Å². The molecule has 4 heteroatoms. The van der Waals surface area contributed by atoms with Crippen LogP contribution in [0.3, 0.4) is 0 Å². The minimum atomic E-state index is -0.221. The number of anilines is 1. The van der Waals surface area contributed by atoms with Gasteiger partial charge in [-0.3, -0.25) is 4.79 Å². The third kappa shape index (κ3) is 2.89. The predicted octanol–water partition coefficient (Wildman–Crippen LogP) is 2.23. The van der Waals surface area contributed by atoms with E-state index >= 15 is 0 Å². The lowest BCUT2D eigenvalue weighted by atomic mass is 10.2. The molecule has 0 heterocycles. The SMILES string of the molecule is COC(=O)C(C)Sc1cccc(N)c1C. The summed E-state index contributed by atoms with van der Waals surface area (Å²) in [5.41, 5.74) is 7.54. The highest BCUT2D eigenvalue weighted by Gasteiger charge is 2.15. The molecule has 2 N–H and O–H groups in total. The van der Waals surface area contributed by atoms with Gasteiger partial charge in [0.2, 0.25) is 0 Å². The average Bonchev–Trinajstić information content (AvgIpc) is 2.23. The Hall–Kier alpha value is -1.16. The average molecular weight is 225 g/mol. The summed E-state index contributed by atoms with van der Waals surface area (Å²) < 4.78 is 4.66. The second-order valence-corrected chi connectivity index (χ2v) is 4.64. The summed E-state index contributed by atoms with van der Waals surface area (Å²) in [5.74, 6) is -0.221. The van der Waals surface area contributed by atoms with Gasteiger partial charge in [0, 0.05) is 10.6 Å². The van der Waals surface area contributed by atoms with Gasteiger partial charge in [0.1, 0.15) is 5.25 Å². The fourth-order valence-corrected chi connectivity index (χ4v) is 2.19. The van der Waals surface area contributed by atoms with Crippen molar-refractivity contribution >= 4 is 23.4 Å². The predicted molar refractivity (Wildman–Crippen MR) is 62.9 cm³/mol. The highest BCUT2D eigenvalue weighted by Crippen LogP contribution is 2.29. The third-order valence-corrected chi connectivity index (χ3v) is 3.41. The molecule has 0 aliphatic rings. The number of ether oxygens (including phenoxy) is 1. The molecule has 0 spiro atoms. The standard InChI is InChI=1S/C11H15NO2S/c1-7-9(12)5-4-6-10(7)15-8(2)11(13)14-3/h4-6,8H,12H2,1-3H3. The number of benzene rings is 1. The Morgan fingerprint density at radius 3 is 2.80 bits per heavy atom. The molecular formula is C11H15NO2S. The number of thioether (sulfide) groups is 1. The second-order valence-electron chi connectivity index (χ2n) is 3.25. The first-order valence-electron chi connectivity index (χ1n) is 4.66. The maximum atomic E-state index is 11.2. The largest absolute Gasteiger partial charge is 0.468 e. The molecule has 0 radical (unpaired) electrons. The van der Waals surface area contributed by atoms with Crippen LogP contribution >= 0.6 is 11.8 Å². The number of nitrogens with two attached hydrogens (primary N) is 1. The highest BCUT2D eigenvalue weighted by atomic mass is 32.2. The van der Waals surface area contributed by atoms with E-state index in [1.165, 1.54) is 18.9 Å². The Balaban J connectivity index is 2.81. The van der Waals surface area contributed by atoms with Gasteiger partial charge in [-0.15, -0.1) is 11.8 Å². The first-order valence-corrected chi connectivity index (χ1v) is 5.53. The zero-order chi connectivity index (χ0) is 11.4. The summed E-state index contributed by atoms with van der Waals surface area (Å²) in [5, 5.41) is -0.213. The third-order valence-electron chi connectivity index (χ3n) is 2.16. The van der Waals surface area contributed by atoms with Crippen molar-refractivity contribution in [2.75, 3.05) is 12.8 Å². The number of rotatable bonds is 3. The van der Waals surface area contributed by atoms with Crippen LogP contribution in [0, 0.1) is 6.92 Å². The molecule has 0 fully saturated rings. The van der Waals surface area contributed by atoms with Crippen LogP contribution in [0.4, 0.5) is 5.69 Å². The van der Waals surface area contributed by atoms with Gasteiger partial charge in [-0.25, -0.2) is 0 Å². The van der Waals surface area contributed by atoms with Gasteiger partial charge in [-0.2, -0.15) is 0 Å². The Morgan fingerprint density at radius 2 is 2.20 bits per heavy atom. The minimum Gasteiger partial charge on any atom is -0.468 e. The van der Waals surface area contributed by atoms with E-state index in [1.807, 2.05) is 32.0 Å². The van der Waals surface area contributed by atoms with Gasteiger partial charge in [0.05, 0.1) is 7.11 Å². The molecule has 0 aromatic heterocycles. The van der Waals surface area contributed by atoms with Crippen LogP contribution in [0.5, 0.6) is 0 Å². The van der Waals surface area contributed by atoms with Crippen LogP contribution in [0.2, 0.25) is 0 Å². The first-order chi connectivity index (χ1) is 7.06. The number of carbonyl (C=O) groups excluding carboxylic acids is 1. The molecule has 15 heavy (non-hydrogen) atoms.